The highest BCUT2D eigenvalue weighted by atomic mass is 35.5. The van der Waals surface area contributed by atoms with E-state index in [-0.39, 0.29) is 12.4 Å². The Hall–Kier alpha value is -1.73. The largest absolute Gasteiger partial charge is 0.466 e. The van der Waals surface area contributed by atoms with Gasteiger partial charge in [-0.05, 0) is 25.1 Å². The van der Waals surface area contributed by atoms with Crippen LogP contribution in [0.15, 0.2) is 18.2 Å². The predicted molar refractivity (Wildman–Crippen MR) is 70.7 cm³/mol. The third kappa shape index (κ3) is 3.94. The first-order valence-electron chi connectivity index (χ1n) is 5.65. The van der Waals surface area contributed by atoms with Crippen molar-refractivity contribution in [2.45, 2.75) is 13.3 Å². The lowest BCUT2D eigenvalue weighted by atomic mass is 10.2. The number of nitrogens with zero attached hydrogens (tertiary/aromatic N) is 2. The molecule has 0 radical (unpaired) electrons. The van der Waals surface area contributed by atoms with E-state index in [1.54, 1.807) is 25.1 Å². The Morgan fingerprint density at radius 1 is 1.56 bits per heavy atom. The summed E-state index contributed by atoms with van der Waals surface area (Å²) in [4.78, 5) is 13.1. The summed E-state index contributed by atoms with van der Waals surface area (Å²) in [5.41, 5.74) is 1.25. The fourth-order valence-electron chi connectivity index (χ4n) is 1.54. The molecule has 0 unspecified atom stereocenters. The standard InChI is InChI=1S/C13H15ClN2O2/c1-3-18-13(17)6-7-16(2)12-5-4-11(14)8-10(12)9-15/h4-5,8H,3,6-7H2,1-2H3. The lowest BCUT2D eigenvalue weighted by Crippen LogP contribution is -2.22. The van der Waals surface area contributed by atoms with Crippen LogP contribution in [-0.4, -0.2) is 26.2 Å². The number of esters is 1. The van der Waals surface area contributed by atoms with Crippen molar-refractivity contribution >= 4 is 23.3 Å². The Labute approximate surface area is 112 Å². The molecule has 0 spiro atoms. The molecular weight excluding hydrogens is 252 g/mol. The maximum Gasteiger partial charge on any atom is 0.307 e. The second kappa shape index (κ2) is 6.87. The molecule has 0 aliphatic heterocycles. The van der Waals surface area contributed by atoms with Crippen LogP contribution in [0.1, 0.15) is 18.9 Å². The third-order valence-electron chi connectivity index (χ3n) is 2.45. The molecule has 0 amide bonds. The van der Waals surface area contributed by atoms with E-state index >= 15 is 0 Å². The highest BCUT2D eigenvalue weighted by Gasteiger charge is 2.10. The molecule has 0 N–H and O–H groups in total. The molecule has 96 valence electrons. The molecule has 0 aliphatic carbocycles. The summed E-state index contributed by atoms with van der Waals surface area (Å²) >= 11 is 5.83. The molecule has 0 heterocycles. The van der Waals surface area contributed by atoms with Crippen molar-refractivity contribution < 1.29 is 9.53 Å². The first kappa shape index (κ1) is 14.3. The van der Waals surface area contributed by atoms with Gasteiger partial charge in [0.05, 0.1) is 24.3 Å². The number of benzene rings is 1. The van der Waals surface area contributed by atoms with Gasteiger partial charge in [-0.25, -0.2) is 0 Å². The minimum atomic E-state index is -0.239. The van der Waals surface area contributed by atoms with E-state index in [1.807, 2.05) is 11.9 Å². The Balaban J connectivity index is 2.70. The van der Waals surface area contributed by atoms with Crippen molar-refractivity contribution in [3.8, 4) is 6.07 Å². The van der Waals surface area contributed by atoms with E-state index < -0.39 is 0 Å². The average Bonchev–Trinajstić information content (AvgIpc) is 2.36. The van der Waals surface area contributed by atoms with Gasteiger partial charge in [0, 0.05) is 18.6 Å². The van der Waals surface area contributed by atoms with Crippen LogP contribution in [0.4, 0.5) is 5.69 Å². The zero-order valence-corrected chi connectivity index (χ0v) is 11.2. The number of halogens is 1. The number of anilines is 1. The number of hydrogen-bond acceptors (Lipinski definition) is 4. The van der Waals surface area contributed by atoms with Crippen LogP contribution in [-0.2, 0) is 9.53 Å². The number of ether oxygens (including phenoxy) is 1. The molecule has 0 saturated heterocycles. The molecule has 0 fully saturated rings. The molecule has 18 heavy (non-hydrogen) atoms. The number of nitriles is 1. The van der Waals surface area contributed by atoms with Crippen molar-refractivity contribution in [3.05, 3.63) is 28.8 Å². The van der Waals surface area contributed by atoms with Gasteiger partial charge in [-0.3, -0.25) is 4.79 Å². The van der Waals surface area contributed by atoms with E-state index in [0.717, 1.165) is 5.69 Å². The van der Waals surface area contributed by atoms with Gasteiger partial charge < -0.3 is 9.64 Å². The van der Waals surface area contributed by atoms with Gasteiger partial charge in [-0.2, -0.15) is 5.26 Å². The zero-order valence-electron chi connectivity index (χ0n) is 10.4. The Morgan fingerprint density at radius 2 is 2.28 bits per heavy atom. The maximum atomic E-state index is 11.3. The lowest BCUT2D eigenvalue weighted by molar-refractivity contribution is -0.142. The normalized spacial score (nSPS) is 9.67. The number of rotatable bonds is 5. The van der Waals surface area contributed by atoms with Gasteiger partial charge in [0.2, 0.25) is 0 Å². The molecule has 0 aromatic heterocycles. The van der Waals surface area contributed by atoms with E-state index in [1.165, 1.54) is 0 Å². The van der Waals surface area contributed by atoms with Crippen LogP contribution in [0, 0.1) is 11.3 Å². The maximum absolute atomic E-state index is 11.3. The molecule has 0 atom stereocenters. The van der Waals surface area contributed by atoms with Crippen molar-refractivity contribution in [2.75, 3.05) is 25.1 Å². The zero-order chi connectivity index (χ0) is 13.5. The molecule has 0 saturated carbocycles. The average molecular weight is 267 g/mol. The fourth-order valence-corrected chi connectivity index (χ4v) is 1.72. The van der Waals surface area contributed by atoms with Gasteiger partial charge in [-0.15, -0.1) is 0 Å². The Morgan fingerprint density at radius 3 is 2.89 bits per heavy atom. The predicted octanol–water partition coefficient (Wildman–Crippen LogP) is 2.60. The van der Waals surface area contributed by atoms with Gasteiger partial charge in [-0.1, -0.05) is 11.6 Å². The molecule has 1 aromatic rings. The molecule has 1 aromatic carbocycles. The van der Waals surface area contributed by atoms with Crippen molar-refractivity contribution in [2.24, 2.45) is 0 Å². The molecule has 4 nitrogen and oxygen atoms in total. The van der Waals surface area contributed by atoms with Crippen molar-refractivity contribution in [1.29, 1.82) is 5.26 Å². The van der Waals surface area contributed by atoms with Crippen LogP contribution < -0.4 is 4.90 Å². The Bertz CT molecular complexity index is 469. The summed E-state index contributed by atoms with van der Waals surface area (Å²) in [7, 11) is 1.82. The molecule has 0 aliphatic rings. The van der Waals surface area contributed by atoms with E-state index in [2.05, 4.69) is 6.07 Å². The number of carbonyl (C=O) groups is 1. The summed E-state index contributed by atoms with van der Waals surface area (Å²) < 4.78 is 4.85. The second-order valence-corrected chi connectivity index (χ2v) is 4.19. The quantitative estimate of drug-likeness (QED) is 0.769. The fraction of sp³-hybridized carbons (Fsp3) is 0.385. The first-order chi connectivity index (χ1) is 8.58. The first-order valence-corrected chi connectivity index (χ1v) is 6.02. The van der Waals surface area contributed by atoms with Crippen LogP contribution >= 0.6 is 11.6 Å². The van der Waals surface area contributed by atoms with Crippen LogP contribution in [0.3, 0.4) is 0 Å². The van der Waals surface area contributed by atoms with Gasteiger partial charge in [0.1, 0.15) is 6.07 Å². The van der Waals surface area contributed by atoms with E-state index in [0.29, 0.717) is 23.7 Å². The number of hydrogen-bond donors (Lipinski definition) is 0. The summed E-state index contributed by atoms with van der Waals surface area (Å²) in [6.07, 6.45) is 0.290. The summed E-state index contributed by atoms with van der Waals surface area (Å²) in [5.74, 6) is -0.239. The molecule has 0 bridgehead atoms. The van der Waals surface area contributed by atoms with Gasteiger partial charge in [0.25, 0.3) is 0 Å². The highest BCUT2D eigenvalue weighted by molar-refractivity contribution is 6.30. The van der Waals surface area contributed by atoms with Crippen LogP contribution in [0.25, 0.3) is 0 Å². The highest BCUT2D eigenvalue weighted by Crippen LogP contribution is 2.22. The van der Waals surface area contributed by atoms with E-state index in [4.69, 9.17) is 21.6 Å². The van der Waals surface area contributed by atoms with Gasteiger partial charge in [0.15, 0.2) is 0 Å². The second-order valence-electron chi connectivity index (χ2n) is 3.75. The van der Waals surface area contributed by atoms with Crippen LogP contribution in [0.5, 0.6) is 0 Å². The monoisotopic (exact) mass is 266 g/mol. The summed E-state index contributed by atoms with van der Waals surface area (Å²) in [5, 5.41) is 9.55. The lowest BCUT2D eigenvalue weighted by Gasteiger charge is -2.20. The third-order valence-corrected chi connectivity index (χ3v) is 2.68. The van der Waals surface area contributed by atoms with Crippen LogP contribution in [0.2, 0.25) is 5.02 Å². The molecular formula is C13H15ClN2O2. The SMILES string of the molecule is CCOC(=O)CCN(C)c1ccc(Cl)cc1C#N. The minimum Gasteiger partial charge on any atom is -0.466 e. The van der Waals surface area contributed by atoms with Gasteiger partial charge >= 0.3 is 5.97 Å². The van der Waals surface area contributed by atoms with E-state index in [9.17, 15) is 4.79 Å². The summed E-state index contributed by atoms with van der Waals surface area (Å²) in [6.45, 7) is 2.65. The summed E-state index contributed by atoms with van der Waals surface area (Å²) in [6, 6.07) is 7.19. The van der Waals surface area contributed by atoms with Crippen molar-refractivity contribution in [3.63, 3.8) is 0 Å². The minimum absolute atomic E-state index is 0.239. The number of carbonyl (C=O) groups excluding carboxylic acids is 1. The van der Waals surface area contributed by atoms with Crippen molar-refractivity contribution in [1.82, 2.24) is 0 Å². The smallest absolute Gasteiger partial charge is 0.307 e. The Kier molecular flexibility index (Phi) is 5.47. The molecule has 5 heteroatoms. The topological polar surface area (TPSA) is 53.3 Å². The molecule has 1 rings (SSSR count).